The molecule has 0 aromatic rings. The van der Waals surface area contributed by atoms with E-state index in [0.717, 1.165) is 88.0 Å². The van der Waals surface area contributed by atoms with Crippen LogP contribution in [0.15, 0.2) is 0 Å². The summed E-state index contributed by atoms with van der Waals surface area (Å²) < 4.78 is 11.0. The maximum atomic E-state index is 5.50. The fourth-order valence-corrected chi connectivity index (χ4v) is 11.2. The van der Waals surface area contributed by atoms with Gasteiger partial charge in [-0.2, -0.15) is 25.3 Å². The molecule has 0 spiro atoms. The van der Waals surface area contributed by atoms with Gasteiger partial charge in [0, 0.05) is 49.1 Å². The SMILES string of the molecule is CC1(C)C2CCC1(CS)C(N1CCOCC1)C2.CC1(C)C2CCC1(CS)C(N1CCOCC1)C2. The quantitative estimate of drug-likeness (QED) is 0.526. The molecule has 6 heteroatoms. The van der Waals surface area contributed by atoms with Crippen LogP contribution in [0, 0.1) is 33.5 Å². The minimum atomic E-state index is 0.456. The van der Waals surface area contributed by atoms with Crippen LogP contribution >= 0.6 is 25.3 Å². The standard InChI is InChI=1S/2C14H25NOS/c2*1-13(2)11-3-4-14(13,10-17)12(9-11)15-5-7-16-8-6-15/h2*11-12,17H,3-10H2,1-2H3. The lowest BCUT2D eigenvalue weighted by Gasteiger charge is -2.47. The van der Waals surface area contributed by atoms with Crippen molar-refractivity contribution in [3.63, 3.8) is 0 Å². The summed E-state index contributed by atoms with van der Waals surface area (Å²) in [5, 5.41) is 0. The van der Waals surface area contributed by atoms with Crippen molar-refractivity contribution in [2.24, 2.45) is 33.5 Å². The van der Waals surface area contributed by atoms with Gasteiger partial charge < -0.3 is 9.47 Å². The van der Waals surface area contributed by atoms with E-state index in [1.54, 1.807) is 0 Å². The van der Waals surface area contributed by atoms with E-state index in [4.69, 9.17) is 34.7 Å². The first-order valence-corrected chi connectivity index (χ1v) is 15.4. The third-order valence-corrected chi connectivity index (χ3v) is 13.4. The molecule has 6 unspecified atom stereocenters. The Morgan fingerprint density at radius 3 is 1.29 bits per heavy atom. The number of ether oxygens (including phenoxy) is 2. The van der Waals surface area contributed by atoms with Gasteiger partial charge in [-0.1, -0.05) is 27.7 Å². The summed E-state index contributed by atoms with van der Waals surface area (Å²) in [5.41, 5.74) is 1.88. The Bertz CT molecular complexity index is 661. The molecule has 6 aliphatic rings. The first kappa shape index (κ1) is 26.2. The Balaban J connectivity index is 0.000000142. The highest BCUT2D eigenvalue weighted by Crippen LogP contribution is 2.68. The van der Waals surface area contributed by atoms with E-state index in [-0.39, 0.29) is 0 Å². The minimum absolute atomic E-state index is 0.456. The Morgan fingerprint density at radius 1 is 0.647 bits per heavy atom. The van der Waals surface area contributed by atoms with E-state index in [1.165, 1.54) is 38.5 Å². The summed E-state index contributed by atoms with van der Waals surface area (Å²) in [4.78, 5) is 5.39. The molecule has 34 heavy (non-hydrogen) atoms. The molecule has 6 fully saturated rings. The summed E-state index contributed by atoms with van der Waals surface area (Å²) in [6, 6.07) is 1.52. The zero-order valence-corrected chi connectivity index (χ0v) is 24.0. The molecule has 0 aromatic carbocycles. The lowest BCUT2D eigenvalue weighted by Crippen LogP contribution is -2.53. The number of hydrogen-bond acceptors (Lipinski definition) is 6. The molecule has 4 saturated carbocycles. The maximum Gasteiger partial charge on any atom is 0.0594 e. The monoisotopic (exact) mass is 510 g/mol. The number of hydrogen-bond donors (Lipinski definition) is 2. The lowest BCUT2D eigenvalue weighted by molar-refractivity contribution is -0.0250. The topological polar surface area (TPSA) is 24.9 Å². The van der Waals surface area contributed by atoms with Crippen LogP contribution in [-0.2, 0) is 9.47 Å². The molecule has 196 valence electrons. The van der Waals surface area contributed by atoms with Gasteiger partial charge in [0.2, 0.25) is 0 Å². The second-order valence-corrected chi connectivity index (χ2v) is 14.0. The molecule has 6 rings (SSSR count). The van der Waals surface area contributed by atoms with Crippen LogP contribution in [0.2, 0.25) is 0 Å². The Kier molecular flexibility index (Phi) is 7.46. The molecular weight excluding hydrogens is 460 g/mol. The van der Waals surface area contributed by atoms with Crippen molar-refractivity contribution in [2.45, 2.75) is 78.3 Å². The molecule has 0 amide bonds. The highest BCUT2D eigenvalue weighted by atomic mass is 32.1. The average Bonchev–Trinajstić information content (AvgIpc) is 3.45. The molecule has 2 aliphatic heterocycles. The molecule has 4 bridgehead atoms. The van der Waals surface area contributed by atoms with E-state index in [2.05, 4.69) is 37.5 Å². The van der Waals surface area contributed by atoms with Gasteiger partial charge in [-0.3, -0.25) is 9.80 Å². The molecule has 2 saturated heterocycles. The van der Waals surface area contributed by atoms with Crippen molar-refractivity contribution in [3.05, 3.63) is 0 Å². The summed E-state index contributed by atoms with van der Waals surface area (Å²) in [5.74, 6) is 3.95. The Labute approximate surface area is 220 Å². The highest BCUT2D eigenvalue weighted by molar-refractivity contribution is 7.80. The van der Waals surface area contributed by atoms with Crippen molar-refractivity contribution in [1.29, 1.82) is 0 Å². The third kappa shape index (κ3) is 3.78. The van der Waals surface area contributed by atoms with Gasteiger partial charge in [-0.25, -0.2) is 0 Å². The van der Waals surface area contributed by atoms with Crippen LogP contribution in [0.5, 0.6) is 0 Å². The zero-order chi connectivity index (χ0) is 24.2. The first-order chi connectivity index (χ1) is 16.2. The van der Waals surface area contributed by atoms with Crippen LogP contribution < -0.4 is 0 Å². The van der Waals surface area contributed by atoms with Gasteiger partial charge in [0.05, 0.1) is 26.4 Å². The smallest absolute Gasteiger partial charge is 0.0594 e. The normalized spacial score (nSPS) is 45.4. The van der Waals surface area contributed by atoms with E-state index in [1.807, 2.05) is 0 Å². The van der Waals surface area contributed by atoms with Gasteiger partial charge in [0.1, 0.15) is 0 Å². The van der Waals surface area contributed by atoms with Gasteiger partial charge in [-0.15, -0.1) is 0 Å². The number of nitrogens with zero attached hydrogens (tertiary/aromatic N) is 2. The van der Waals surface area contributed by atoms with Crippen LogP contribution in [0.25, 0.3) is 0 Å². The van der Waals surface area contributed by atoms with Crippen molar-refractivity contribution in [3.8, 4) is 0 Å². The fourth-order valence-electron chi connectivity index (χ4n) is 9.60. The predicted molar refractivity (Wildman–Crippen MR) is 147 cm³/mol. The molecule has 4 nitrogen and oxygen atoms in total. The molecule has 0 aromatic heterocycles. The third-order valence-electron chi connectivity index (χ3n) is 12.3. The van der Waals surface area contributed by atoms with Gasteiger partial charge in [0.25, 0.3) is 0 Å². The van der Waals surface area contributed by atoms with Crippen molar-refractivity contribution < 1.29 is 9.47 Å². The molecule has 2 heterocycles. The second kappa shape index (κ2) is 9.69. The minimum Gasteiger partial charge on any atom is -0.379 e. The van der Waals surface area contributed by atoms with Crippen LogP contribution in [0.4, 0.5) is 0 Å². The van der Waals surface area contributed by atoms with Gasteiger partial charge in [0.15, 0.2) is 0 Å². The van der Waals surface area contributed by atoms with Crippen molar-refractivity contribution in [1.82, 2.24) is 9.80 Å². The molecular formula is C28H50N2O2S2. The number of rotatable bonds is 4. The Hall–Kier alpha value is 0.540. The van der Waals surface area contributed by atoms with E-state index in [9.17, 15) is 0 Å². The molecule has 0 radical (unpaired) electrons. The zero-order valence-electron chi connectivity index (χ0n) is 22.2. The van der Waals surface area contributed by atoms with Crippen LogP contribution in [0.1, 0.15) is 66.2 Å². The van der Waals surface area contributed by atoms with E-state index >= 15 is 0 Å². The fraction of sp³-hybridized carbons (Fsp3) is 1.00. The summed E-state index contributed by atoms with van der Waals surface area (Å²) in [7, 11) is 0. The molecule has 6 atom stereocenters. The van der Waals surface area contributed by atoms with Gasteiger partial charge in [-0.05, 0) is 72.7 Å². The van der Waals surface area contributed by atoms with E-state index < -0.39 is 0 Å². The highest BCUT2D eigenvalue weighted by Gasteiger charge is 2.65. The number of morpholine rings is 2. The maximum absolute atomic E-state index is 5.50. The summed E-state index contributed by atoms with van der Waals surface area (Å²) in [6.45, 7) is 18.1. The van der Waals surface area contributed by atoms with E-state index in [0.29, 0.717) is 21.7 Å². The van der Waals surface area contributed by atoms with Crippen molar-refractivity contribution in [2.75, 3.05) is 64.1 Å². The Morgan fingerprint density at radius 2 is 1.00 bits per heavy atom. The largest absolute Gasteiger partial charge is 0.379 e. The number of thiol groups is 2. The number of fused-ring (bicyclic) bond motifs is 4. The first-order valence-electron chi connectivity index (χ1n) is 14.1. The van der Waals surface area contributed by atoms with Crippen LogP contribution in [0.3, 0.4) is 0 Å². The van der Waals surface area contributed by atoms with Gasteiger partial charge >= 0.3 is 0 Å². The molecule has 0 N–H and O–H groups in total. The average molecular weight is 511 g/mol. The lowest BCUT2D eigenvalue weighted by atomic mass is 9.68. The predicted octanol–water partition coefficient (Wildman–Crippen LogP) is 4.89. The van der Waals surface area contributed by atoms with Crippen LogP contribution in [-0.4, -0.2) is 86.0 Å². The summed E-state index contributed by atoms with van der Waals surface area (Å²) in [6.07, 6.45) is 8.41. The second-order valence-electron chi connectivity index (χ2n) is 13.3. The van der Waals surface area contributed by atoms with Crippen molar-refractivity contribution >= 4 is 25.3 Å². The summed E-state index contributed by atoms with van der Waals surface area (Å²) >= 11 is 9.49. The molecule has 4 aliphatic carbocycles.